The van der Waals surface area contributed by atoms with E-state index in [0.29, 0.717) is 0 Å². The van der Waals surface area contributed by atoms with Crippen molar-refractivity contribution in [2.75, 3.05) is 26.3 Å². The summed E-state index contributed by atoms with van der Waals surface area (Å²) in [6.45, 7) is 1.73. The van der Waals surface area contributed by atoms with Crippen LogP contribution in [0.15, 0.2) is 60.7 Å². The minimum absolute atomic E-state index is 0. The highest BCUT2D eigenvalue weighted by atomic mass is 35.5. The number of rotatable bonds is 11. The quantitative estimate of drug-likeness (QED) is 0.436. The Morgan fingerprint density at radius 1 is 0.615 bits per heavy atom. The molecule has 2 aromatic rings. The fraction of sp³-hybridized carbons (Fsp3) is 0.400. The van der Waals surface area contributed by atoms with E-state index in [1.807, 2.05) is 36.4 Å². The monoisotopic (exact) mass is 400 g/mol. The minimum atomic E-state index is 0. The van der Waals surface area contributed by atoms with Gasteiger partial charge in [0.25, 0.3) is 0 Å². The highest BCUT2D eigenvalue weighted by Crippen LogP contribution is 2.04. The zero-order valence-electron chi connectivity index (χ0n) is 14.9. The van der Waals surface area contributed by atoms with Crippen LogP contribution in [0.1, 0.15) is 11.1 Å². The van der Waals surface area contributed by atoms with Crippen molar-refractivity contribution in [1.82, 2.24) is 10.6 Å². The Morgan fingerprint density at radius 2 is 0.962 bits per heavy atom. The SMILES string of the molecule is Cl.Cl.OCC(Cc1ccccc1)NCCNC(CO)Cc1ccccc1. The largest absolute Gasteiger partial charge is 0.395 e. The van der Waals surface area contributed by atoms with Crippen LogP contribution in [0.25, 0.3) is 0 Å². The van der Waals surface area contributed by atoms with Gasteiger partial charge in [0, 0.05) is 25.2 Å². The van der Waals surface area contributed by atoms with Gasteiger partial charge in [0.2, 0.25) is 0 Å². The lowest BCUT2D eigenvalue weighted by Crippen LogP contribution is -2.42. The second-order valence-corrected chi connectivity index (χ2v) is 6.05. The van der Waals surface area contributed by atoms with Crippen LogP contribution in [0.3, 0.4) is 0 Å². The molecule has 2 rings (SSSR count). The Labute approximate surface area is 168 Å². The van der Waals surface area contributed by atoms with Crippen molar-refractivity contribution in [1.29, 1.82) is 0 Å². The zero-order valence-corrected chi connectivity index (χ0v) is 16.5. The molecule has 0 heterocycles. The van der Waals surface area contributed by atoms with Crippen molar-refractivity contribution >= 4 is 24.8 Å². The minimum Gasteiger partial charge on any atom is -0.395 e. The fourth-order valence-corrected chi connectivity index (χ4v) is 2.75. The van der Waals surface area contributed by atoms with E-state index in [4.69, 9.17) is 0 Å². The van der Waals surface area contributed by atoms with E-state index in [2.05, 4.69) is 34.9 Å². The molecule has 0 spiro atoms. The summed E-state index contributed by atoms with van der Waals surface area (Å²) < 4.78 is 0. The first kappa shape index (κ1) is 24.9. The first-order valence-electron chi connectivity index (χ1n) is 8.58. The predicted octanol–water partition coefficient (Wildman–Crippen LogP) is 2.22. The molecule has 6 heteroatoms. The van der Waals surface area contributed by atoms with E-state index in [1.54, 1.807) is 0 Å². The summed E-state index contributed by atoms with van der Waals surface area (Å²) in [4.78, 5) is 0. The Balaban J connectivity index is 0.00000312. The maximum Gasteiger partial charge on any atom is 0.0587 e. The van der Waals surface area contributed by atoms with Gasteiger partial charge in [-0.25, -0.2) is 0 Å². The normalized spacial score (nSPS) is 12.5. The third-order valence-electron chi connectivity index (χ3n) is 4.08. The number of benzene rings is 2. The van der Waals surface area contributed by atoms with Gasteiger partial charge in [-0.2, -0.15) is 0 Å². The number of aliphatic hydroxyl groups is 2. The molecule has 0 saturated heterocycles. The van der Waals surface area contributed by atoms with Crippen LogP contribution < -0.4 is 10.6 Å². The molecule has 4 nitrogen and oxygen atoms in total. The van der Waals surface area contributed by atoms with E-state index in [1.165, 1.54) is 11.1 Å². The van der Waals surface area contributed by atoms with Crippen LogP contribution >= 0.6 is 24.8 Å². The summed E-state index contributed by atoms with van der Waals surface area (Å²) in [6.07, 6.45) is 1.62. The summed E-state index contributed by atoms with van der Waals surface area (Å²) in [5.41, 5.74) is 2.43. The van der Waals surface area contributed by atoms with Crippen LogP contribution in [0.5, 0.6) is 0 Å². The average Bonchev–Trinajstić information content (AvgIpc) is 2.64. The molecule has 0 fully saturated rings. The molecule has 0 aromatic heterocycles. The van der Waals surface area contributed by atoms with Crippen molar-refractivity contribution in [2.45, 2.75) is 24.9 Å². The van der Waals surface area contributed by atoms with Crippen molar-refractivity contribution < 1.29 is 10.2 Å². The van der Waals surface area contributed by atoms with Gasteiger partial charge < -0.3 is 20.8 Å². The van der Waals surface area contributed by atoms with E-state index in [-0.39, 0.29) is 50.1 Å². The van der Waals surface area contributed by atoms with Crippen LogP contribution in [0.2, 0.25) is 0 Å². The molecule has 26 heavy (non-hydrogen) atoms. The van der Waals surface area contributed by atoms with Gasteiger partial charge in [-0.05, 0) is 24.0 Å². The lowest BCUT2D eigenvalue weighted by Gasteiger charge is -2.19. The second kappa shape index (κ2) is 15.0. The van der Waals surface area contributed by atoms with Crippen molar-refractivity contribution in [3.8, 4) is 0 Å². The maximum atomic E-state index is 9.51. The molecule has 0 radical (unpaired) electrons. The van der Waals surface area contributed by atoms with Gasteiger partial charge in [-0.1, -0.05) is 60.7 Å². The molecule has 0 aliphatic carbocycles. The molecule has 0 saturated carbocycles. The Hall–Kier alpha value is -1.14. The van der Waals surface area contributed by atoms with Gasteiger partial charge in [0.05, 0.1) is 13.2 Å². The summed E-state index contributed by atoms with van der Waals surface area (Å²) in [7, 11) is 0. The van der Waals surface area contributed by atoms with Crippen LogP contribution in [0.4, 0.5) is 0 Å². The van der Waals surface area contributed by atoms with E-state index in [0.717, 1.165) is 25.9 Å². The number of hydrogen-bond acceptors (Lipinski definition) is 4. The highest BCUT2D eigenvalue weighted by Gasteiger charge is 2.09. The molecule has 2 aromatic carbocycles. The van der Waals surface area contributed by atoms with Gasteiger partial charge in [-0.3, -0.25) is 0 Å². The molecular weight excluding hydrogens is 371 g/mol. The predicted molar refractivity (Wildman–Crippen MR) is 113 cm³/mol. The number of aliphatic hydroxyl groups excluding tert-OH is 2. The van der Waals surface area contributed by atoms with Crippen molar-refractivity contribution in [3.63, 3.8) is 0 Å². The summed E-state index contributed by atoms with van der Waals surface area (Å²) in [5.74, 6) is 0. The van der Waals surface area contributed by atoms with Crippen molar-refractivity contribution in [2.24, 2.45) is 0 Å². The lowest BCUT2D eigenvalue weighted by atomic mass is 10.1. The van der Waals surface area contributed by atoms with Gasteiger partial charge >= 0.3 is 0 Å². The Morgan fingerprint density at radius 3 is 1.27 bits per heavy atom. The van der Waals surface area contributed by atoms with E-state index >= 15 is 0 Å². The summed E-state index contributed by atoms with van der Waals surface area (Å²) in [6, 6.07) is 20.4. The molecule has 2 atom stereocenters. The topological polar surface area (TPSA) is 64.5 Å². The molecule has 4 N–H and O–H groups in total. The lowest BCUT2D eigenvalue weighted by molar-refractivity contribution is 0.231. The molecule has 0 aliphatic heterocycles. The summed E-state index contributed by atoms with van der Waals surface area (Å²) >= 11 is 0. The van der Waals surface area contributed by atoms with E-state index < -0.39 is 0 Å². The zero-order chi connectivity index (χ0) is 17.0. The average molecular weight is 401 g/mol. The fourth-order valence-electron chi connectivity index (χ4n) is 2.75. The third-order valence-corrected chi connectivity index (χ3v) is 4.08. The van der Waals surface area contributed by atoms with Crippen LogP contribution in [-0.4, -0.2) is 48.6 Å². The first-order valence-corrected chi connectivity index (χ1v) is 8.58. The Kier molecular flexibility index (Phi) is 14.3. The van der Waals surface area contributed by atoms with Crippen LogP contribution in [0, 0.1) is 0 Å². The summed E-state index contributed by atoms with van der Waals surface area (Å²) in [5, 5.41) is 25.8. The molecule has 146 valence electrons. The molecule has 0 aliphatic rings. The number of halogens is 2. The third kappa shape index (κ3) is 9.53. The first-order chi connectivity index (χ1) is 11.8. The standard InChI is InChI=1S/C20H28N2O2.2ClH/c23-15-19(13-17-7-3-1-4-8-17)21-11-12-22-20(16-24)14-18-9-5-2-6-10-18;;/h1-10,19-24H,11-16H2;2*1H. The van der Waals surface area contributed by atoms with Gasteiger partial charge in [0.15, 0.2) is 0 Å². The second-order valence-electron chi connectivity index (χ2n) is 6.05. The highest BCUT2D eigenvalue weighted by molar-refractivity contribution is 5.85. The molecule has 0 amide bonds. The maximum absolute atomic E-state index is 9.51. The van der Waals surface area contributed by atoms with Crippen LogP contribution in [-0.2, 0) is 12.8 Å². The Bertz CT molecular complexity index is 507. The molecule has 2 unspecified atom stereocenters. The van der Waals surface area contributed by atoms with Crippen molar-refractivity contribution in [3.05, 3.63) is 71.8 Å². The van der Waals surface area contributed by atoms with Gasteiger partial charge in [-0.15, -0.1) is 24.8 Å². The van der Waals surface area contributed by atoms with Gasteiger partial charge in [0.1, 0.15) is 0 Å². The number of hydrogen-bond donors (Lipinski definition) is 4. The van der Waals surface area contributed by atoms with E-state index in [9.17, 15) is 10.2 Å². The molecule has 0 bridgehead atoms. The molecular formula is C20H30Cl2N2O2. The smallest absolute Gasteiger partial charge is 0.0587 e. The number of nitrogens with one attached hydrogen (secondary N) is 2.